The second-order valence-electron chi connectivity index (χ2n) is 8.85. The summed E-state index contributed by atoms with van der Waals surface area (Å²) in [6.07, 6.45) is 4.30. The third-order valence-electron chi connectivity index (χ3n) is 6.37. The lowest BCUT2D eigenvalue weighted by Gasteiger charge is -2.25. The van der Waals surface area contributed by atoms with Gasteiger partial charge < -0.3 is 20.2 Å². The first-order valence-corrected chi connectivity index (χ1v) is 12.5. The van der Waals surface area contributed by atoms with Crippen LogP contribution in [0.3, 0.4) is 0 Å². The summed E-state index contributed by atoms with van der Waals surface area (Å²) in [5.74, 6) is 1.56. The molecule has 0 saturated carbocycles. The highest BCUT2D eigenvalue weighted by molar-refractivity contribution is 6.02. The van der Waals surface area contributed by atoms with Gasteiger partial charge in [0.2, 0.25) is 0 Å². The second kappa shape index (κ2) is 11.2. The van der Waals surface area contributed by atoms with Gasteiger partial charge in [0.15, 0.2) is 0 Å². The number of anilines is 1. The highest BCUT2D eigenvalue weighted by Crippen LogP contribution is 2.27. The maximum atomic E-state index is 8.43. The Balaban J connectivity index is 1.38. The smallest absolute Gasteiger partial charge is 0.136 e. The Morgan fingerprint density at radius 1 is 1.03 bits per heavy atom. The minimum Gasteiger partial charge on any atom is -0.489 e. The molecule has 0 atom stereocenters. The van der Waals surface area contributed by atoms with Crippen LogP contribution in [0.2, 0.25) is 0 Å². The first-order chi connectivity index (χ1) is 17.7. The summed E-state index contributed by atoms with van der Waals surface area (Å²) < 4.78 is 13.3. The third kappa shape index (κ3) is 5.47. The van der Waals surface area contributed by atoms with Crippen molar-refractivity contribution in [3.8, 4) is 22.8 Å². The van der Waals surface area contributed by atoms with E-state index in [9.17, 15) is 0 Å². The fourth-order valence-electron chi connectivity index (χ4n) is 4.31. The first-order valence-electron chi connectivity index (χ1n) is 12.5. The van der Waals surface area contributed by atoms with E-state index < -0.39 is 0 Å². The molecule has 1 fully saturated rings. The Labute approximate surface area is 211 Å². The minimum atomic E-state index is 0.290. The zero-order valence-corrected chi connectivity index (χ0v) is 20.5. The number of rotatable bonds is 9. The van der Waals surface area contributed by atoms with Crippen molar-refractivity contribution < 1.29 is 9.47 Å². The Hall–Kier alpha value is -3.97. The summed E-state index contributed by atoms with van der Waals surface area (Å²) in [5.41, 5.74) is 5.17. The molecule has 0 radical (unpaired) electrons. The molecule has 184 valence electrons. The van der Waals surface area contributed by atoms with Crippen molar-refractivity contribution in [2.45, 2.75) is 38.8 Å². The number of nitrogens with zero attached hydrogens (tertiary/aromatic N) is 3. The number of hydrogen-bond donors (Lipinski definition) is 2. The van der Waals surface area contributed by atoms with Crippen LogP contribution in [-0.4, -0.2) is 39.7 Å². The van der Waals surface area contributed by atoms with Gasteiger partial charge >= 0.3 is 0 Å². The Morgan fingerprint density at radius 3 is 2.56 bits per heavy atom. The third-order valence-corrected chi connectivity index (χ3v) is 6.37. The number of benzene rings is 2. The van der Waals surface area contributed by atoms with Gasteiger partial charge in [-0.25, -0.2) is 9.67 Å². The highest BCUT2D eigenvalue weighted by Gasteiger charge is 2.19. The van der Waals surface area contributed by atoms with Crippen molar-refractivity contribution in [1.29, 1.82) is 5.41 Å². The van der Waals surface area contributed by atoms with Gasteiger partial charge in [0.05, 0.1) is 23.3 Å². The zero-order chi connectivity index (χ0) is 24.7. The number of ether oxygens (including phenoxy) is 2. The van der Waals surface area contributed by atoms with Gasteiger partial charge in [0, 0.05) is 30.5 Å². The molecular formula is C29H31N5O2. The van der Waals surface area contributed by atoms with E-state index in [1.54, 1.807) is 6.20 Å². The Kier molecular flexibility index (Phi) is 7.38. The topological polar surface area (TPSA) is 85.1 Å². The molecule has 1 aliphatic rings. The molecule has 7 nitrogen and oxygen atoms in total. The van der Waals surface area contributed by atoms with E-state index >= 15 is 0 Å². The normalized spacial score (nSPS) is 13.9. The maximum Gasteiger partial charge on any atom is 0.136 e. The van der Waals surface area contributed by atoms with E-state index in [1.807, 2.05) is 72.3 Å². The lowest BCUT2D eigenvalue weighted by atomic mass is 10.1. The molecule has 0 unspecified atom stereocenters. The van der Waals surface area contributed by atoms with E-state index in [0.29, 0.717) is 24.8 Å². The van der Waals surface area contributed by atoms with Crippen molar-refractivity contribution in [2.75, 3.05) is 18.5 Å². The number of aromatic nitrogens is 3. The van der Waals surface area contributed by atoms with E-state index in [0.717, 1.165) is 65.8 Å². The van der Waals surface area contributed by atoms with Crippen LogP contribution in [0.1, 0.15) is 37.3 Å². The van der Waals surface area contributed by atoms with Gasteiger partial charge in [-0.2, -0.15) is 5.10 Å². The first kappa shape index (κ1) is 23.8. The van der Waals surface area contributed by atoms with E-state index in [1.165, 1.54) is 0 Å². The molecule has 3 heterocycles. The monoisotopic (exact) mass is 481 g/mol. The predicted octanol–water partition coefficient (Wildman–Crippen LogP) is 5.88. The fraction of sp³-hybridized carbons (Fsp3) is 0.276. The Morgan fingerprint density at radius 2 is 1.81 bits per heavy atom. The molecule has 4 aromatic rings. The number of hydrogen-bond acceptors (Lipinski definition) is 6. The second-order valence-corrected chi connectivity index (χ2v) is 8.85. The largest absolute Gasteiger partial charge is 0.489 e. The number of pyridine rings is 1. The molecular weight excluding hydrogens is 450 g/mol. The molecule has 2 aromatic carbocycles. The van der Waals surface area contributed by atoms with Crippen LogP contribution < -0.4 is 10.1 Å². The maximum absolute atomic E-state index is 8.43. The predicted molar refractivity (Wildman–Crippen MR) is 142 cm³/mol. The lowest BCUT2D eigenvalue weighted by Crippen LogP contribution is -2.29. The summed E-state index contributed by atoms with van der Waals surface area (Å²) >= 11 is 0. The van der Waals surface area contributed by atoms with E-state index in [2.05, 4.69) is 22.5 Å². The van der Waals surface area contributed by atoms with Gasteiger partial charge in [-0.15, -0.1) is 0 Å². The van der Waals surface area contributed by atoms with Crippen molar-refractivity contribution in [1.82, 2.24) is 14.8 Å². The van der Waals surface area contributed by atoms with Crippen LogP contribution in [-0.2, 0) is 11.3 Å². The standard InChI is InChI=1S/C29H31N5O2/c1-2-26(30)25-12-13-27(33-29(25)32-22-15-18-35-19-16-22)28-14-17-31-34(28)23-8-10-24(11-9-23)36-20-21-6-4-3-5-7-21/h3-14,17,22,30H,2,15-16,18-20H2,1H3,(H,32,33). The van der Waals surface area contributed by atoms with Crippen LogP contribution in [0, 0.1) is 5.41 Å². The van der Waals surface area contributed by atoms with Gasteiger partial charge in [-0.3, -0.25) is 0 Å². The van der Waals surface area contributed by atoms with E-state index in [-0.39, 0.29) is 0 Å². The average Bonchev–Trinajstić information content (AvgIpc) is 3.43. The molecule has 0 spiro atoms. The summed E-state index contributed by atoms with van der Waals surface area (Å²) in [6, 6.07) is 24.3. The zero-order valence-electron chi connectivity index (χ0n) is 20.5. The number of nitrogens with one attached hydrogen (secondary N) is 2. The van der Waals surface area contributed by atoms with Gasteiger partial charge in [0.25, 0.3) is 0 Å². The van der Waals surface area contributed by atoms with Gasteiger partial charge in [-0.1, -0.05) is 37.3 Å². The summed E-state index contributed by atoms with van der Waals surface area (Å²) in [4.78, 5) is 4.97. The van der Waals surface area contributed by atoms with Crippen LogP contribution in [0.15, 0.2) is 79.0 Å². The van der Waals surface area contributed by atoms with Crippen molar-refractivity contribution in [3.05, 3.63) is 90.1 Å². The van der Waals surface area contributed by atoms with Crippen LogP contribution >= 0.6 is 0 Å². The lowest BCUT2D eigenvalue weighted by molar-refractivity contribution is 0.0904. The molecule has 2 aromatic heterocycles. The summed E-state index contributed by atoms with van der Waals surface area (Å²) in [5, 5.41) is 16.6. The SMILES string of the molecule is CCC(=N)c1ccc(-c2ccnn2-c2ccc(OCc3ccccc3)cc2)nc1NC1CCOCC1. The van der Waals surface area contributed by atoms with Crippen LogP contribution in [0.5, 0.6) is 5.75 Å². The fourth-order valence-corrected chi connectivity index (χ4v) is 4.31. The molecule has 2 N–H and O–H groups in total. The molecule has 0 bridgehead atoms. The van der Waals surface area contributed by atoms with Crippen LogP contribution in [0.25, 0.3) is 17.1 Å². The minimum absolute atomic E-state index is 0.290. The molecule has 36 heavy (non-hydrogen) atoms. The Bertz CT molecular complexity index is 1300. The molecule has 5 rings (SSSR count). The molecule has 1 aliphatic heterocycles. The summed E-state index contributed by atoms with van der Waals surface area (Å²) in [7, 11) is 0. The summed E-state index contributed by atoms with van der Waals surface area (Å²) in [6.45, 7) is 4.02. The quantitative estimate of drug-likeness (QED) is 0.292. The molecule has 0 aliphatic carbocycles. The van der Waals surface area contributed by atoms with Crippen molar-refractivity contribution >= 4 is 11.5 Å². The average molecular weight is 482 g/mol. The molecule has 0 amide bonds. The molecule has 7 heteroatoms. The highest BCUT2D eigenvalue weighted by atomic mass is 16.5. The van der Waals surface area contributed by atoms with Crippen LogP contribution in [0.4, 0.5) is 5.82 Å². The van der Waals surface area contributed by atoms with Gasteiger partial charge in [0.1, 0.15) is 18.2 Å². The van der Waals surface area contributed by atoms with E-state index in [4.69, 9.17) is 19.9 Å². The van der Waals surface area contributed by atoms with Crippen molar-refractivity contribution in [3.63, 3.8) is 0 Å². The van der Waals surface area contributed by atoms with Gasteiger partial charge in [-0.05, 0) is 67.3 Å². The van der Waals surface area contributed by atoms with Crippen molar-refractivity contribution in [2.24, 2.45) is 0 Å². The molecule has 1 saturated heterocycles.